The predicted molar refractivity (Wildman–Crippen MR) is 88.3 cm³/mol. The number of nitrogens with one attached hydrogen (secondary N) is 2. The Morgan fingerprint density at radius 1 is 1.33 bits per heavy atom. The molecule has 0 atom stereocenters. The van der Waals surface area contributed by atoms with Crippen LogP contribution in [0.15, 0.2) is 24.3 Å². The van der Waals surface area contributed by atoms with Crippen LogP contribution in [-0.4, -0.2) is 48.6 Å². The Kier molecular flexibility index (Phi) is 6.40. The van der Waals surface area contributed by atoms with Gasteiger partial charge in [0.15, 0.2) is 6.61 Å². The summed E-state index contributed by atoms with van der Waals surface area (Å²) in [6.45, 7) is 4.90. The van der Waals surface area contributed by atoms with E-state index in [0.717, 1.165) is 0 Å². The molecule has 0 saturated carbocycles. The van der Waals surface area contributed by atoms with Gasteiger partial charge in [-0.15, -0.1) is 0 Å². The van der Waals surface area contributed by atoms with Crippen LogP contribution in [0.3, 0.4) is 0 Å². The summed E-state index contributed by atoms with van der Waals surface area (Å²) < 4.78 is 18.3. The number of ether oxygens (including phenoxy) is 1. The number of piperidine rings is 1. The quantitative estimate of drug-likeness (QED) is 0.862. The summed E-state index contributed by atoms with van der Waals surface area (Å²) in [6.07, 6.45) is 1.41. The number of carbonyl (C=O) groups is 2. The lowest BCUT2D eigenvalue weighted by molar-refractivity contribution is -0.124. The van der Waals surface area contributed by atoms with Crippen LogP contribution in [0.25, 0.3) is 0 Å². The van der Waals surface area contributed by atoms with Crippen molar-refractivity contribution in [2.75, 3.05) is 19.7 Å². The number of hydrogen-bond donors (Lipinski definition) is 2. The first-order valence-electron chi connectivity index (χ1n) is 8.17. The number of nitrogens with zero attached hydrogens (tertiary/aromatic N) is 1. The van der Waals surface area contributed by atoms with E-state index in [2.05, 4.69) is 10.6 Å². The maximum absolute atomic E-state index is 13.0. The van der Waals surface area contributed by atoms with Crippen molar-refractivity contribution in [1.29, 1.82) is 0 Å². The molecule has 1 fully saturated rings. The lowest BCUT2D eigenvalue weighted by Crippen LogP contribution is -2.51. The number of halogens is 1. The molecule has 1 aromatic carbocycles. The molecule has 1 aliphatic heterocycles. The minimum absolute atomic E-state index is 0.0247. The summed E-state index contributed by atoms with van der Waals surface area (Å²) in [5.74, 6) is -0.324. The van der Waals surface area contributed by atoms with Crippen molar-refractivity contribution in [3.8, 4) is 5.75 Å². The Morgan fingerprint density at radius 3 is 2.67 bits per heavy atom. The third kappa shape index (κ3) is 5.72. The molecule has 24 heavy (non-hydrogen) atoms. The SMILES string of the molecule is CC(C)NC(=O)N1CCC(NC(=O)COc2cccc(F)c2)CC1. The number of amides is 3. The second-order valence-corrected chi connectivity index (χ2v) is 6.18. The zero-order valence-electron chi connectivity index (χ0n) is 14.0. The van der Waals surface area contributed by atoms with Crippen LogP contribution in [0.4, 0.5) is 9.18 Å². The second kappa shape index (κ2) is 8.52. The van der Waals surface area contributed by atoms with Gasteiger partial charge < -0.3 is 20.3 Å². The molecule has 0 aromatic heterocycles. The highest BCUT2D eigenvalue weighted by molar-refractivity contribution is 5.78. The van der Waals surface area contributed by atoms with Crippen LogP contribution in [0.5, 0.6) is 5.75 Å². The second-order valence-electron chi connectivity index (χ2n) is 6.18. The first-order valence-corrected chi connectivity index (χ1v) is 8.17. The first kappa shape index (κ1) is 18.0. The molecule has 2 N–H and O–H groups in total. The Labute approximate surface area is 141 Å². The molecule has 1 aliphatic rings. The van der Waals surface area contributed by atoms with Gasteiger partial charge in [-0.05, 0) is 38.8 Å². The van der Waals surface area contributed by atoms with Crippen LogP contribution in [-0.2, 0) is 4.79 Å². The summed E-state index contributed by atoms with van der Waals surface area (Å²) in [7, 11) is 0. The smallest absolute Gasteiger partial charge is 0.317 e. The van der Waals surface area contributed by atoms with Crippen molar-refractivity contribution in [1.82, 2.24) is 15.5 Å². The topological polar surface area (TPSA) is 70.7 Å². The predicted octanol–water partition coefficient (Wildman–Crippen LogP) is 1.90. The van der Waals surface area contributed by atoms with Gasteiger partial charge in [0.25, 0.3) is 5.91 Å². The van der Waals surface area contributed by atoms with Gasteiger partial charge in [0.1, 0.15) is 11.6 Å². The molecule has 0 aliphatic carbocycles. The molecule has 1 aromatic rings. The number of hydrogen-bond acceptors (Lipinski definition) is 3. The molecule has 2 rings (SSSR count). The van der Waals surface area contributed by atoms with E-state index in [1.807, 2.05) is 13.8 Å². The average Bonchev–Trinajstić information content (AvgIpc) is 2.53. The van der Waals surface area contributed by atoms with E-state index in [1.165, 1.54) is 18.2 Å². The van der Waals surface area contributed by atoms with E-state index >= 15 is 0 Å². The molecule has 7 heteroatoms. The van der Waals surface area contributed by atoms with Crippen molar-refractivity contribution in [2.45, 2.75) is 38.8 Å². The number of urea groups is 1. The van der Waals surface area contributed by atoms with Gasteiger partial charge in [0.05, 0.1) is 0 Å². The van der Waals surface area contributed by atoms with E-state index in [-0.39, 0.29) is 30.6 Å². The van der Waals surface area contributed by atoms with E-state index in [0.29, 0.717) is 31.7 Å². The Morgan fingerprint density at radius 2 is 2.04 bits per heavy atom. The molecule has 132 valence electrons. The highest BCUT2D eigenvalue weighted by Gasteiger charge is 2.24. The lowest BCUT2D eigenvalue weighted by atomic mass is 10.1. The summed E-state index contributed by atoms with van der Waals surface area (Å²) in [4.78, 5) is 25.6. The van der Waals surface area contributed by atoms with Gasteiger partial charge in [-0.3, -0.25) is 4.79 Å². The summed E-state index contributed by atoms with van der Waals surface area (Å²) in [5, 5.41) is 5.75. The minimum Gasteiger partial charge on any atom is -0.484 e. The van der Waals surface area contributed by atoms with Crippen LogP contribution in [0.2, 0.25) is 0 Å². The Bertz CT molecular complexity index is 572. The fourth-order valence-corrected chi connectivity index (χ4v) is 2.54. The minimum atomic E-state index is -0.403. The number of likely N-dealkylation sites (tertiary alicyclic amines) is 1. The molecular formula is C17H24FN3O3. The fraction of sp³-hybridized carbons (Fsp3) is 0.529. The highest BCUT2D eigenvalue weighted by Crippen LogP contribution is 2.13. The molecule has 6 nitrogen and oxygen atoms in total. The fourth-order valence-electron chi connectivity index (χ4n) is 2.54. The first-order chi connectivity index (χ1) is 11.4. The van der Waals surface area contributed by atoms with Crippen molar-refractivity contribution < 1.29 is 18.7 Å². The highest BCUT2D eigenvalue weighted by atomic mass is 19.1. The number of carbonyl (C=O) groups excluding carboxylic acids is 2. The monoisotopic (exact) mass is 337 g/mol. The largest absolute Gasteiger partial charge is 0.484 e. The third-order valence-corrected chi connectivity index (χ3v) is 3.73. The summed E-state index contributed by atoms with van der Waals surface area (Å²) in [5.41, 5.74) is 0. The number of benzene rings is 1. The van der Waals surface area contributed by atoms with E-state index in [1.54, 1.807) is 11.0 Å². The maximum atomic E-state index is 13.0. The van der Waals surface area contributed by atoms with E-state index in [9.17, 15) is 14.0 Å². The van der Waals surface area contributed by atoms with Gasteiger partial charge in [-0.25, -0.2) is 9.18 Å². The van der Waals surface area contributed by atoms with Crippen LogP contribution < -0.4 is 15.4 Å². The molecule has 0 bridgehead atoms. The lowest BCUT2D eigenvalue weighted by Gasteiger charge is -2.32. The van der Waals surface area contributed by atoms with Gasteiger partial charge >= 0.3 is 6.03 Å². The maximum Gasteiger partial charge on any atom is 0.317 e. The third-order valence-electron chi connectivity index (χ3n) is 3.73. The van der Waals surface area contributed by atoms with Crippen molar-refractivity contribution in [3.05, 3.63) is 30.1 Å². The molecule has 0 spiro atoms. The summed E-state index contributed by atoms with van der Waals surface area (Å²) >= 11 is 0. The van der Waals surface area contributed by atoms with Gasteiger partial charge in [0.2, 0.25) is 0 Å². The van der Waals surface area contributed by atoms with Gasteiger partial charge in [-0.1, -0.05) is 6.07 Å². The van der Waals surface area contributed by atoms with Crippen molar-refractivity contribution in [2.24, 2.45) is 0 Å². The van der Waals surface area contributed by atoms with Crippen molar-refractivity contribution in [3.63, 3.8) is 0 Å². The van der Waals surface area contributed by atoms with Crippen molar-refractivity contribution >= 4 is 11.9 Å². The molecule has 0 unspecified atom stereocenters. The van der Waals surface area contributed by atoms with Gasteiger partial charge in [0, 0.05) is 31.2 Å². The molecule has 1 heterocycles. The zero-order chi connectivity index (χ0) is 17.5. The molecule has 3 amide bonds. The van der Waals surface area contributed by atoms with E-state index in [4.69, 9.17) is 4.74 Å². The summed E-state index contributed by atoms with van der Waals surface area (Å²) in [6, 6.07) is 5.74. The normalized spacial score (nSPS) is 15.2. The standard InChI is InChI=1S/C17H24FN3O3/c1-12(2)19-17(23)21-8-6-14(7-9-21)20-16(22)11-24-15-5-3-4-13(18)10-15/h3-5,10,12,14H,6-9,11H2,1-2H3,(H,19,23)(H,20,22). The van der Waals surface area contributed by atoms with Crippen LogP contribution >= 0.6 is 0 Å². The Balaban J connectivity index is 1.69. The Hall–Kier alpha value is -2.31. The number of rotatable bonds is 5. The van der Waals surface area contributed by atoms with Crippen LogP contribution in [0, 0.1) is 5.82 Å². The van der Waals surface area contributed by atoms with E-state index < -0.39 is 5.82 Å². The molecule has 1 saturated heterocycles. The molecule has 0 radical (unpaired) electrons. The van der Waals surface area contributed by atoms with Crippen LogP contribution in [0.1, 0.15) is 26.7 Å². The zero-order valence-corrected chi connectivity index (χ0v) is 14.0. The van der Waals surface area contributed by atoms with Gasteiger partial charge in [-0.2, -0.15) is 0 Å². The molecular weight excluding hydrogens is 313 g/mol. The average molecular weight is 337 g/mol.